The van der Waals surface area contributed by atoms with E-state index in [1.165, 1.54) is 12.1 Å². The summed E-state index contributed by atoms with van der Waals surface area (Å²) in [4.78, 5) is 15.1. The summed E-state index contributed by atoms with van der Waals surface area (Å²) in [5.41, 5.74) is -1.28. The predicted molar refractivity (Wildman–Crippen MR) is 87.6 cm³/mol. The Labute approximate surface area is 164 Å². The molecule has 0 bridgehead atoms. The van der Waals surface area contributed by atoms with Gasteiger partial charge < -0.3 is 9.94 Å². The van der Waals surface area contributed by atoms with E-state index in [0.29, 0.717) is 23.1 Å². The molecule has 0 aliphatic rings. The van der Waals surface area contributed by atoms with Crippen LogP contribution in [0.3, 0.4) is 0 Å². The molecule has 0 saturated carbocycles. The summed E-state index contributed by atoms with van der Waals surface area (Å²) >= 11 is 0. The fourth-order valence-corrected chi connectivity index (χ4v) is 2.77. The lowest BCUT2D eigenvalue weighted by Gasteiger charge is -2.24. The van der Waals surface area contributed by atoms with E-state index >= 15 is 0 Å². The largest absolute Gasteiger partial charge is 0.470 e. The Hall–Kier alpha value is -3.03. The lowest BCUT2D eigenvalue weighted by Crippen LogP contribution is -2.46. The first-order valence-electron chi connectivity index (χ1n) is 7.71. The van der Waals surface area contributed by atoms with Crippen molar-refractivity contribution in [2.24, 2.45) is 4.99 Å². The minimum absolute atomic E-state index is 0.362. The number of ether oxygens (including phenoxy) is 1. The number of hydrogen-bond acceptors (Lipinski definition) is 5. The molecule has 0 spiro atoms. The van der Waals surface area contributed by atoms with Gasteiger partial charge in [-0.1, -0.05) is 6.07 Å². The van der Waals surface area contributed by atoms with E-state index in [1.807, 2.05) is 0 Å². The standard InChI is InChI=1S/C16H12F6N2O5S/c1-30(27,28)9-5-6-10(13(25)23-12-4-2-3-7-24(12)26)11(8-9)29-14(15(17,18)19)16(20,21)22/h2-8,14,26H,1H3. The molecule has 14 heteroatoms. The van der Waals surface area contributed by atoms with Crippen LogP contribution >= 0.6 is 0 Å². The molecule has 7 nitrogen and oxygen atoms in total. The third-order valence-electron chi connectivity index (χ3n) is 3.49. The highest BCUT2D eigenvalue weighted by molar-refractivity contribution is 7.90. The molecule has 1 amide bonds. The molecule has 0 saturated heterocycles. The summed E-state index contributed by atoms with van der Waals surface area (Å²) in [7, 11) is -4.07. The van der Waals surface area contributed by atoms with Gasteiger partial charge in [0.1, 0.15) is 5.75 Å². The summed E-state index contributed by atoms with van der Waals surface area (Å²) in [6, 6.07) is 5.62. The number of halogens is 6. The smallest absolute Gasteiger partial charge is 0.434 e. The van der Waals surface area contributed by atoms with Crippen molar-refractivity contribution in [3.8, 4) is 5.75 Å². The van der Waals surface area contributed by atoms with Gasteiger partial charge in [-0.05, 0) is 30.3 Å². The quantitative estimate of drug-likeness (QED) is 0.561. The minimum atomic E-state index is -5.91. The zero-order valence-electron chi connectivity index (χ0n) is 14.8. The lowest BCUT2D eigenvalue weighted by atomic mass is 10.2. The first-order valence-corrected chi connectivity index (χ1v) is 9.60. The summed E-state index contributed by atoms with van der Waals surface area (Å²) in [5, 5.41) is 9.55. The van der Waals surface area contributed by atoms with Gasteiger partial charge in [0.15, 0.2) is 15.3 Å². The molecule has 0 aliphatic heterocycles. The summed E-state index contributed by atoms with van der Waals surface area (Å²) in [6.45, 7) is 0. The molecule has 0 unspecified atom stereocenters. The van der Waals surface area contributed by atoms with Gasteiger partial charge in [0, 0.05) is 12.5 Å². The van der Waals surface area contributed by atoms with E-state index in [9.17, 15) is 44.8 Å². The molecule has 2 aromatic rings. The second-order valence-corrected chi connectivity index (χ2v) is 7.85. The summed E-state index contributed by atoms with van der Waals surface area (Å²) in [6.07, 6.45) is -14.4. The molecule has 1 N–H and O–H groups in total. The van der Waals surface area contributed by atoms with E-state index in [1.54, 1.807) is 0 Å². The van der Waals surface area contributed by atoms with Crippen LogP contribution in [0.2, 0.25) is 0 Å². The van der Waals surface area contributed by atoms with Crippen molar-refractivity contribution in [3.05, 3.63) is 53.6 Å². The number of pyridine rings is 1. The van der Waals surface area contributed by atoms with E-state index < -0.39 is 55.9 Å². The number of benzene rings is 1. The Bertz CT molecular complexity index is 1110. The van der Waals surface area contributed by atoms with Crippen LogP contribution < -0.4 is 10.2 Å². The maximum absolute atomic E-state index is 12.9. The number of aromatic nitrogens is 1. The number of carbonyl (C=O) groups excluding carboxylic acids is 1. The van der Waals surface area contributed by atoms with Gasteiger partial charge >= 0.3 is 12.4 Å². The molecule has 0 radical (unpaired) electrons. The third kappa shape index (κ3) is 5.52. The van der Waals surface area contributed by atoms with Crippen LogP contribution in [0.1, 0.15) is 10.4 Å². The SMILES string of the molecule is CS(=O)(=O)c1ccc(C(=O)N=c2ccccn2O)c(OC(C(F)(F)F)C(F)(F)F)c1. The van der Waals surface area contributed by atoms with Gasteiger partial charge in [-0.25, -0.2) is 8.42 Å². The van der Waals surface area contributed by atoms with Crippen molar-refractivity contribution in [3.63, 3.8) is 0 Å². The van der Waals surface area contributed by atoms with Crippen LogP contribution in [0, 0.1) is 0 Å². The predicted octanol–water partition coefficient (Wildman–Crippen LogP) is 2.74. The molecule has 1 heterocycles. The number of alkyl halides is 6. The van der Waals surface area contributed by atoms with Crippen molar-refractivity contribution < 1.29 is 49.5 Å². The van der Waals surface area contributed by atoms with Crippen molar-refractivity contribution in [1.82, 2.24) is 4.73 Å². The average molecular weight is 458 g/mol. The Morgan fingerprint density at radius 1 is 1.10 bits per heavy atom. The normalized spacial score (nSPS) is 13.5. The highest BCUT2D eigenvalue weighted by atomic mass is 32.2. The van der Waals surface area contributed by atoms with Crippen LogP contribution in [0.25, 0.3) is 0 Å². The second-order valence-electron chi connectivity index (χ2n) is 5.83. The molecular formula is C16H12F6N2O5S. The number of sulfone groups is 1. The second kappa shape index (κ2) is 8.01. The lowest BCUT2D eigenvalue weighted by molar-refractivity contribution is -0.300. The number of amides is 1. The van der Waals surface area contributed by atoms with Gasteiger partial charge in [0.05, 0.1) is 10.5 Å². The van der Waals surface area contributed by atoms with Crippen LogP contribution in [0.4, 0.5) is 26.3 Å². The van der Waals surface area contributed by atoms with Gasteiger partial charge in [-0.3, -0.25) is 4.79 Å². The van der Waals surface area contributed by atoms with Crippen molar-refractivity contribution in [2.45, 2.75) is 23.4 Å². The molecule has 0 fully saturated rings. The maximum Gasteiger partial charge on any atom is 0.434 e. The first kappa shape index (κ1) is 23.3. The van der Waals surface area contributed by atoms with E-state index in [4.69, 9.17) is 0 Å². The zero-order chi connectivity index (χ0) is 22.9. The van der Waals surface area contributed by atoms with Crippen LogP contribution in [-0.4, -0.2) is 49.0 Å². The Balaban J connectivity index is 2.66. The highest BCUT2D eigenvalue weighted by Gasteiger charge is 2.59. The number of hydrogen-bond donors (Lipinski definition) is 1. The Kier molecular flexibility index (Phi) is 6.21. The fraction of sp³-hybridized carbons (Fsp3) is 0.250. The number of nitrogens with zero attached hydrogens (tertiary/aromatic N) is 2. The van der Waals surface area contributed by atoms with E-state index in [0.717, 1.165) is 18.3 Å². The fourth-order valence-electron chi connectivity index (χ4n) is 2.13. The van der Waals surface area contributed by atoms with Gasteiger partial charge in [0.2, 0.25) is 0 Å². The van der Waals surface area contributed by atoms with E-state index in [2.05, 4.69) is 9.73 Å². The number of carbonyl (C=O) groups is 1. The van der Waals surface area contributed by atoms with Crippen molar-refractivity contribution in [1.29, 1.82) is 0 Å². The first-order chi connectivity index (χ1) is 13.6. The monoisotopic (exact) mass is 458 g/mol. The van der Waals surface area contributed by atoms with Crippen LogP contribution in [-0.2, 0) is 9.84 Å². The molecule has 1 aromatic heterocycles. The topological polar surface area (TPSA) is 98.0 Å². The Morgan fingerprint density at radius 3 is 2.20 bits per heavy atom. The van der Waals surface area contributed by atoms with Gasteiger partial charge in [-0.15, -0.1) is 0 Å². The molecule has 0 aliphatic carbocycles. The van der Waals surface area contributed by atoms with Gasteiger partial charge in [-0.2, -0.15) is 36.1 Å². The molecule has 1 aromatic carbocycles. The van der Waals surface area contributed by atoms with E-state index in [-0.39, 0.29) is 0 Å². The zero-order valence-corrected chi connectivity index (χ0v) is 15.6. The van der Waals surface area contributed by atoms with Crippen molar-refractivity contribution in [2.75, 3.05) is 6.26 Å². The summed E-state index contributed by atoms with van der Waals surface area (Å²) < 4.78 is 105. The molecule has 0 atom stereocenters. The average Bonchev–Trinajstić information content (AvgIpc) is 2.58. The summed E-state index contributed by atoms with van der Waals surface area (Å²) in [5.74, 6) is -2.69. The number of rotatable bonds is 4. The third-order valence-corrected chi connectivity index (χ3v) is 4.60. The van der Waals surface area contributed by atoms with Crippen LogP contribution in [0.5, 0.6) is 5.75 Å². The van der Waals surface area contributed by atoms with Gasteiger partial charge in [0.25, 0.3) is 12.0 Å². The Morgan fingerprint density at radius 2 is 1.70 bits per heavy atom. The molecule has 2 rings (SSSR count). The molecular weight excluding hydrogens is 446 g/mol. The minimum Gasteiger partial charge on any atom is -0.470 e. The van der Waals surface area contributed by atoms with Crippen molar-refractivity contribution >= 4 is 15.7 Å². The van der Waals surface area contributed by atoms with Crippen LogP contribution in [0.15, 0.2) is 52.5 Å². The maximum atomic E-state index is 12.9. The molecule has 164 valence electrons. The highest BCUT2D eigenvalue weighted by Crippen LogP contribution is 2.38. The molecule has 30 heavy (non-hydrogen) atoms.